The van der Waals surface area contributed by atoms with Gasteiger partial charge in [0.25, 0.3) is 5.56 Å². The molecule has 0 aliphatic heterocycles. The van der Waals surface area contributed by atoms with Gasteiger partial charge in [-0.15, -0.1) is 0 Å². The van der Waals surface area contributed by atoms with Gasteiger partial charge in [0.05, 0.1) is 11.9 Å². The standard InChI is InChI=1S/C13H22ClN3O2/c1-4-7-17-12(19)11(14)10(9-15-17)16-13(3,5-2)6-8-18/h9,16,18H,4-8H2,1-3H3. The van der Waals surface area contributed by atoms with E-state index >= 15 is 0 Å². The van der Waals surface area contributed by atoms with Gasteiger partial charge in [-0.2, -0.15) is 5.10 Å². The summed E-state index contributed by atoms with van der Waals surface area (Å²) in [6.07, 6.45) is 3.79. The molecule has 0 bridgehead atoms. The Balaban J connectivity index is 3.03. The number of halogens is 1. The largest absolute Gasteiger partial charge is 0.396 e. The molecule has 2 N–H and O–H groups in total. The quantitative estimate of drug-likeness (QED) is 0.807. The van der Waals surface area contributed by atoms with E-state index in [2.05, 4.69) is 10.4 Å². The first-order chi connectivity index (χ1) is 8.97. The summed E-state index contributed by atoms with van der Waals surface area (Å²) in [5.41, 5.74) is -0.0588. The number of anilines is 1. The molecule has 6 heteroatoms. The van der Waals surface area contributed by atoms with Gasteiger partial charge in [0.1, 0.15) is 5.02 Å². The fourth-order valence-corrected chi connectivity index (χ4v) is 2.02. The molecule has 19 heavy (non-hydrogen) atoms. The molecular formula is C13H22ClN3O2. The second-order valence-corrected chi connectivity index (χ2v) is 5.29. The van der Waals surface area contributed by atoms with Crippen LogP contribution in [0, 0.1) is 0 Å². The van der Waals surface area contributed by atoms with Crippen LogP contribution in [0.2, 0.25) is 5.02 Å². The molecule has 0 aliphatic rings. The Morgan fingerprint density at radius 1 is 1.53 bits per heavy atom. The Labute approximate surface area is 118 Å². The maximum atomic E-state index is 12.0. The molecule has 0 saturated heterocycles. The number of nitrogens with one attached hydrogen (secondary N) is 1. The Hall–Kier alpha value is -1.07. The number of nitrogens with zero attached hydrogens (tertiary/aromatic N) is 2. The summed E-state index contributed by atoms with van der Waals surface area (Å²) in [6.45, 7) is 6.61. The van der Waals surface area contributed by atoms with E-state index in [1.165, 1.54) is 4.68 Å². The predicted octanol–water partition coefficient (Wildman–Crippen LogP) is 2.27. The number of aryl methyl sites for hydroxylation is 1. The normalized spacial score (nSPS) is 14.2. The summed E-state index contributed by atoms with van der Waals surface area (Å²) in [7, 11) is 0. The Kier molecular flexibility index (Phi) is 5.82. The van der Waals surface area contributed by atoms with Crippen LogP contribution >= 0.6 is 11.6 Å². The average Bonchev–Trinajstić information content (AvgIpc) is 2.39. The van der Waals surface area contributed by atoms with Crippen LogP contribution < -0.4 is 10.9 Å². The molecule has 1 unspecified atom stereocenters. The molecule has 0 amide bonds. The zero-order chi connectivity index (χ0) is 14.5. The van der Waals surface area contributed by atoms with Crippen molar-refractivity contribution in [3.8, 4) is 0 Å². The van der Waals surface area contributed by atoms with Gasteiger partial charge >= 0.3 is 0 Å². The summed E-state index contributed by atoms with van der Waals surface area (Å²) < 4.78 is 1.36. The van der Waals surface area contributed by atoms with Crippen molar-refractivity contribution < 1.29 is 5.11 Å². The zero-order valence-electron chi connectivity index (χ0n) is 11.7. The SMILES string of the molecule is CCCn1ncc(NC(C)(CC)CCO)c(Cl)c1=O. The van der Waals surface area contributed by atoms with Gasteiger partial charge in [-0.3, -0.25) is 4.79 Å². The molecule has 0 aromatic carbocycles. The summed E-state index contributed by atoms with van der Waals surface area (Å²) in [5.74, 6) is 0. The van der Waals surface area contributed by atoms with Crippen molar-refractivity contribution in [2.45, 2.75) is 52.1 Å². The van der Waals surface area contributed by atoms with Crippen molar-refractivity contribution in [1.82, 2.24) is 9.78 Å². The molecular weight excluding hydrogens is 266 g/mol. The van der Waals surface area contributed by atoms with Crippen LogP contribution in [0.5, 0.6) is 0 Å². The fraction of sp³-hybridized carbons (Fsp3) is 0.692. The van der Waals surface area contributed by atoms with E-state index in [9.17, 15) is 4.79 Å². The lowest BCUT2D eigenvalue weighted by molar-refractivity contribution is 0.252. The number of hydrogen-bond donors (Lipinski definition) is 2. The Morgan fingerprint density at radius 3 is 2.74 bits per heavy atom. The molecule has 0 radical (unpaired) electrons. The van der Waals surface area contributed by atoms with Crippen LogP contribution in [0.15, 0.2) is 11.0 Å². The summed E-state index contributed by atoms with van der Waals surface area (Å²) in [4.78, 5) is 12.0. The first-order valence-electron chi connectivity index (χ1n) is 6.62. The minimum atomic E-state index is -0.302. The van der Waals surface area contributed by atoms with Crippen molar-refractivity contribution in [3.63, 3.8) is 0 Å². The molecule has 0 saturated carbocycles. The maximum absolute atomic E-state index is 12.0. The zero-order valence-corrected chi connectivity index (χ0v) is 12.5. The highest BCUT2D eigenvalue weighted by Crippen LogP contribution is 2.24. The number of hydrogen-bond acceptors (Lipinski definition) is 4. The monoisotopic (exact) mass is 287 g/mol. The second-order valence-electron chi connectivity index (χ2n) is 4.91. The van der Waals surface area contributed by atoms with Gasteiger partial charge in [0, 0.05) is 18.7 Å². The second kappa shape index (κ2) is 6.91. The van der Waals surface area contributed by atoms with E-state index in [0.29, 0.717) is 18.7 Å². The van der Waals surface area contributed by atoms with E-state index in [1.807, 2.05) is 20.8 Å². The highest BCUT2D eigenvalue weighted by atomic mass is 35.5. The maximum Gasteiger partial charge on any atom is 0.287 e. The smallest absolute Gasteiger partial charge is 0.287 e. The number of aliphatic hydroxyl groups excluding tert-OH is 1. The molecule has 0 spiro atoms. The lowest BCUT2D eigenvalue weighted by Crippen LogP contribution is -2.36. The van der Waals surface area contributed by atoms with Gasteiger partial charge in [-0.05, 0) is 26.2 Å². The van der Waals surface area contributed by atoms with Crippen LogP contribution in [0.1, 0.15) is 40.0 Å². The molecule has 1 aromatic rings. The first kappa shape index (κ1) is 16.0. The lowest BCUT2D eigenvalue weighted by atomic mass is 9.94. The molecule has 108 valence electrons. The fourth-order valence-electron chi connectivity index (χ4n) is 1.82. The van der Waals surface area contributed by atoms with Crippen LogP contribution in [0.3, 0.4) is 0 Å². The first-order valence-corrected chi connectivity index (χ1v) is 7.00. The van der Waals surface area contributed by atoms with Gasteiger partial charge in [-0.25, -0.2) is 4.68 Å². The van der Waals surface area contributed by atoms with E-state index in [4.69, 9.17) is 16.7 Å². The number of aliphatic hydroxyl groups is 1. The Morgan fingerprint density at radius 2 is 2.21 bits per heavy atom. The third kappa shape index (κ3) is 3.94. The average molecular weight is 288 g/mol. The molecule has 1 atom stereocenters. The van der Waals surface area contributed by atoms with Crippen molar-refractivity contribution in [2.24, 2.45) is 0 Å². The van der Waals surface area contributed by atoms with Crippen LogP contribution in [0.4, 0.5) is 5.69 Å². The summed E-state index contributed by atoms with van der Waals surface area (Å²) >= 11 is 6.10. The van der Waals surface area contributed by atoms with Crippen molar-refractivity contribution in [3.05, 3.63) is 21.6 Å². The molecule has 1 heterocycles. The van der Waals surface area contributed by atoms with Gasteiger partial charge in [0.15, 0.2) is 0 Å². The number of rotatable bonds is 7. The molecule has 5 nitrogen and oxygen atoms in total. The van der Waals surface area contributed by atoms with Crippen molar-refractivity contribution >= 4 is 17.3 Å². The van der Waals surface area contributed by atoms with E-state index in [-0.39, 0.29) is 22.7 Å². The Bertz CT molecular complexity index is 475. The third-order valence-corrected chi connectivity index (χ3v) is 3.67. The van der Waals surface area contributed by atoms with Crippen molar-refractivity contribution in [2.75, 3.05) is 11.9 Å². The molecule has 0 aliphatic carbocycles. The third-order valence-electron chi connectivity index (χ3n) is 3.30. The summed E-state index contributed by atoms with van der Waals surface area (Å²) in [6, 6.07) is 0. The number of aromatic nitrogens is 2. The minimum absolute atomic E-state index is 0.0787. The molecule has 0 fully saturated rings. The van der Waals surface area contributed by atoms with Crippen LogP contribution in [-0.2, 0) is 6.54 Å². The van der Waals surface area contributed by atoms with Gasteiger partial charge in [-0.1, -0.05) is 25.4 Å². The highest BCUT2D eigenvalue weighted by molar-refractivity contribution is 6.32. The predicted molar refractivity (Wildman–Crippen MR) is 77.8 cm³/mol. The highest BCUT2D eigenvalue weighted by Gasteiger charge is 2.23. The van der Waals surface area contributed by atoms with Crippen molar-refractivity contribution in [1.29, 1.82) is 0 Å². The van der Waals surface area contributed by atoms with E-state index < -0.39 is 0 Å². The van der Waals surface area contributed by atoms with Crippen LogP contribution in [0.25, 0.3) is 0 Å². The minimum Gasteiger partial charge on any atom is -0.396 e. The lowest BCUT2D eigenvalue weighted by Gasteiger charge is -2.30. The molecule has 1 rings (SSSR count). The van der Waals surface area contributed by atoms with Crippen LogP contribution in [-0.4, -0.2) is 27.0 Å². The molecule has 1 aromatic heterocycles. The van der Waals surface area contributed by atoms with Gasteiger partial charge in [0.2, 0.25) is 0 Å². The van der Waals surface area contributed by atoms with E-state index in [0.717, 1.165) is 12.8 Å². The van der Waals surface area contributed by atoms with E-state index in [1.54, 1.807) is 6.20 Å². The summed E-state index contributed by atoms with van der Waals surface area (Å²) in [5, 5.41) is 16.6. The van der Waals surface area contributed by atoms with Gasteiger partial charge < -0.3 is 10.4 Å². The topological polar surface area (TPSA) is 67.2 Å².